The van der Waals surface area contributed by atoms with Gasteiger partial charge in [0.1, 0.15) is 5.69 Å². The van der Waals surface area contributed by atoms with Crippen LogP contribution in [-0.2, 0) is 6.54 Å². The van der Waals surface area contributed by atoms with Crippen molar-refractivity contribution in [3.63, 3.8) is 0 Å². The van der Waals surface area contributed by atoms with E-state index in [0.29, 0.717) is 23.7 Å². The van der Waals surface area contributed by atoms with Gasteiger partial charge in [-0.2, -0.15) is 0 Å². The summed E-state index contributed by atoms with van der Waals surface area (Å²) in [5.41, 5.74) is 2.05. The number of carbonyl (C=O) groups excluding carboxylic acids is 1. The van der Waals surface area contributed by atoms with Gasteiger partial charge in [0.15, 0.2) is 11.5 Å². The summed E-state index contributed by atoms with van der Waals surface area (Å²) in [4.78, 5) is 16.3. The molecular formula is C18H17N3O4. The lowest BCUT2D eigenvalue weighted by molar-refractivity contribution is 0.0913. The van der Waals surface area contributed by atoms with E-state index in [1.165, 1.54) is 0 Å². The number of hydrogen-bond acceptors (Lipinski definition) is 6. The quantitative estimate of drug-likeness (QED) is 0.743. The van der Waals surface area contributed by atoms with Crippen LogP contribution in [-0.4, -0.2) is 30.3 Å². The second kappa shape index (κ2) is 7.48. The van der Waals surface area contributed by atoms with Crippen LogP contribution in [0.15, 0.2) is 53.2 Å². The van der Waals surface area contributed by atoms with Crippen LogP contribution in [0.3, 0.4) is 0 Å². The Morgan fingerprint density at radius 3 is 2.68 bits per heavy atom. The fourth-order valence-corrected chi connectivity index (χ4v) is 2.27. The highest BCUT2D eigenvalue weighted by Crippen LogP contribution is 2.31. The lowest BCUT2D eigenvalue weighted by atomic mass is 10.1. The number of amides is 1. The van der Waals surface area contributed by atoms with E-state index in [2.05, 4.69) is 15.5 Å². The molecule has 2 heterocycles. The molecule has 2 aromatic heterocycles. The summed E-state index contributed by atoms with van der Waals surface area (Å²) in [7, 11) is 3.12. The molecule has 0 fully saturated rings. The van der Waals surface area contributed by atoms with Gasteiger partial charge in [0.05, 0.1) is 26.5 Å². The minimum Gasteiger partial charge on any atom is -0.493 e. The largest absolute Gasteiger partial charge is 0.493 e. The van der Waals surface area contributed by atoms with Crippen molar-refractivity contribution in [3.05, 3.63) is 60.1 Å². The molecular weight excluding hydrogens is 322 g/mol. The van der Waals surface area contributed by atoms with E-state index in [4.69, 9.17) is 14.0 Å². The van der Waals surface area contributed by atoms with Gasteiger partial charge in [0, 0.05) is 17.8 Å². The first-order valence-corrected chi connectivity index (χ1v) is 7.58. The molecule has 7 heteroatoms. The standard InChI is InChI=1S/C18H17N3O4/c1-23-15-7-6-12(9-16(15)24-2)14-10-17(25-21-14)18(22)20-11-13-5-3-4-8-19-13/h3-10H,11H2,1-2H3,(H,20,22). The van der Waals surface area contributed by atoms with E-state index in [1.807, 2.05) is 24.3 Å². The first-order valence-electron chi connectivity index (χ1n) is 7.58. The number of pyridine rings is 1. The van der Waals surface area contributed by atoms with Crippen molar-refractivity contribution in [2.24, 2.45) is 0 Å². The number of nitrogens with zero attached hydrogens (tertiary/aromatic N) is 2. The number of aromatic nitrogens is 2. The average molecular weight is 339 g/mol. The third kappa shape index (κ3) is 3.77. The SMILES string of the molecule is COc1ccc(-c2cc(C(=O)NCc3ccccn3)on2)cc1OC. The van der Waals surface area contributed by atoms with E-state index in [1.54, 1.807) is 38.6 Å². The summed E-state index contributed by atoms with van der Waals surface area (Å²) in [5.74, 6) is 0.956. The summed E-state index contributed by atoms with van der Waals surface area (Å²) in [6.45, 7) is 0.312. The molecule has 128 valence electrons. The van der Waals surface area contributed by atoms with Gasteiger partial charge in [0.25, 0.3) is 5.91 Å². The van der Waals surface area contributed by atoms with Crippen molar-refractivity contribution in [2.75, 3.05) is 14.2 Å². The summed E-state index contributed by atoms with van der Waals surface area (Å²) in [6.07, 6.45) is 1.67. The summed E-state index contributed by atoms with van der Waals surface area (Å²) < 4.78 is 15.6. The molecule has 1 amide bonds. The van der Waals surface area contributed by atoms with E-state index in [-0.39, 0.29) is 11.7 Å². The van der Waals surface area contributed by atoms with E-state index >= 15 is 0 Å². The Hall–Kier alpha value is -3.35. The smallest absolute Gasteiger partial charge is 0.290 e. The van der Waals surface area contributed by atoms with Crippen molar-refractivity contribution in [3.8, 4) is 22.8 Å². The summed E-state index contributed by atoms with van der Waals surface area (Å²) >= 11 is 0. The second-order valence-corrected chi connectivity index (χ2v) is 5.15. The Bertz CT molecular complexity index is 862. The van der Waals surface area contributed by atoms with Crippen LogP contribution in [0, 0.1) is 0 Å². The number of carbonyl (C=O) groups is 1. The maximum absolute atomic E-state index is 12.2. The van der Waals surface area contributed by atoms with Crippen molar-refractivity contribution in [1.82, 2.24) is 15.5 Å². The normalized spacial score (nSPS) is 10.3. The van der Waals surface area contributed by atoms with Gasteiger partial charge in [-0.1, -0.05) is 11.2 Å². The first-order chi connectivity index (χ1) is 12.2. The van der Waals surface area contributed by atoms with Crippen LogP contribution in [0.25, 0.3) is 11.3 Å². The van der Waals surface area contributed by atoms with Gasteiger partial charge in [-0.15, -0.1) is 0 Å². The molecule has 0 saturated carbocycles. The number of hydrogen-bond donors (Lipinski definition) is 1. The molecule has 3 rings (SSSR count). The molecule has 7 nitrogen and oxygen atoms in total. The zero-order valence-corrected chi connectivity index (χ0v) is 13.9. The Balaban J connectivity index is 1.72. The van der Waals surface area contributed by atoms with Crippen molar-refractivity contribution in [1.29, 1.82) is 0 Å². The minimum absolute atomic E-state index is 0.126. The Morgan fingerprint density at radius 1 is 1.12 bits per heavy atom. The molecule has 3 aromatic rings. The highest BCUT2D eigenvalue weighted by atomic mass is 16.5. The van der Waals surface area contributed by atoms with Gasteiger partial charge in [-0.25, -0.2) is 0 Å². The van der Waals surface area contributed by atoms with Crippen LogP contribution in [0.4, 0.5) is 0 Å². The zero-order chi connectivity index (χ0) is 17.6. The van der Waals surface area contributed by atoms with Gasteiger partial charge in [-0.05, 0) is 30.3 Å². The average Bonchev–Trinajstić information content (AvgIpc) is 3.16. The van der Waals surface area contributed by atoms with Gasteiger partial charge in [-0.3, -0.25) is 9.78 Å². The third-order valence-corrected chi connectivity index (χ3v) is 3.57. The Labute approximate surface area is 144 Å². The van der Waals surface area contributed by atoms with Gasteiger partial charge < -0.3 is 19.3 Å². The topological polar surface area (TPSA) is 86.5 Å². The van der Waals surface area contributed by atoms with E-state index in [0.717, 1.165) is 11.3 Å². The molecule has 0 bridgehead atoms. The summed E-state index contributed by atoms with van der Waals surface area (Å²) in [6, 6.07) is 12.4. The van der Waals surface area contributed by atoms with Crippen LogP contribution in [0.2, 0.25) is 0 Å². The molecule has 0 radical (unpaired) electrons. The number of benzene rings is 1. The second-order valence-electron chi connectivity index (χ2n) is 5.15. The number of rotatable bonds is 6. The predicted molar refractivity (Wildman–Crippen MR) is 90.5 cm³/mol. The molecule has 1 aromatic carbocycles. The van der Waals surface area contributed by atoms with E-state index in [9.17, 15) is 4.79 Å². The molecule has 0 aliphatic carbocycles. The van der Waals surface area contributed by atoms with Crippen LogP contribution in [0.5, 0.6) is 11.5 Å². The number of ether oxygens (including phenoxy) is 2. The molecule has 0 aliphatic rings. The van der Waals surface area contributed by atoms with Crippen molar-refractivity contribution >= 4 is 5.91 Å². The highest BCUT2D eigenvalue weighted by molar-refractivity contribution is 5.92. The lowest BCUT2D eigenvalue weighted by Crippen LogP contribution is -2.22. The third-order valence-electron chi connectivity index (χ3n) is 3.57. The highest BCUT2D eigenvalue weighted by Gasteiger charge is 2.15. The van der Waals surface area contributed by atoms with Crippen LogP contribution < -0.4 is 14.8 Å². The molecule has 0 unspecified atom stereocenters. The predicted octanol–water partition coefficient (Wildman–Crippen LogP) is 2.68. The summed E-state index contributed by atoms with van der Waals surface area (Å²) in [5, 5.41) is 6.69. The molecule has 0 aliphatic heterocycles. The fourth-order valence-electron chi connectivity index (χ4n) is 2.27. The van der Waals surface area contributed by atoms with E-state index < -0.39 is 0 Å². The molecule has 1 N–H and O–H groups in total. The van der Waals surface area contributed by atoms with Crippen LogP contribution in [0.1, 0.15) is 16.2 Å². The minimum atomic E-state index is -0.357. The molecule has 0 saturated heterocycles. The van der Waals surface area contributed by atoms with Crippen molar-refractivity contribution < 1.29 is 18.8 Å². The van der Waals surface area contributed by atoms with Gasteiger partial charge >= 0.3 is 0 Å². The molecule has 0 spiro atoms. The monoisotopic (exact) mass is 339 g/mol. The number of nitrogens with one attached hydrogen (secondary N) is 1. The fraction of sp³-hybridized carbons (Fsp3) is 0.167. The zero-order valence-electron chi connectivity index (χ0n) is 13.9. The maximum atomic E-state index is 12.2. The Kier molecular flexibility index (Phi) is 4.94. The molecule has 0 atom stereocenters. The molecule has 25 heavy (non-hydrogen) atoms. The maximum Gasteiger partial charge on any atom is 0.290 e. The Morgan fingerprint density at radius 2 is 1.96 bits per heavy atom. The van der Waals surface area contributed by atoms with Gasteiger partial charge in [0.2, 0.25) is 5.76 Å². The number of methoxy groups -OCH3 is 2. The first kappa shape index (κ1) is 16.5. The van der Waals surface area contributed by atoms with Crippen LogP contribution >= 0.6 is 0 Å². The van der Waals surface area contributed by atoms with Crippen molar-refractivity contribution in [2.45, 2.75) is 6.54 Å². The lowest BCUT2D eigenvalue weighted by Gasteiger charge is -2.07.